The summed E-state index contributed by atoms with van der Waals surface area (Å²) in [6.07, 6.45) is 0. The van der Waals surface area contributed by atoms with Gasteiger partial charge in [0, 0.05) is 23.5 Å². The van der Waals surface area contributed by atoms with Crippen LogP contribution in [0.1, 0.15) is 6.92 Å². The summed E-state index contributed by atoms with van der Waals surface area (Å²) in [6, 6.07) is 0. The molecule has 7 heteroatoms. The van der Waals surface area contributed by atoms with Crippen LogP contribution < -0.4 is 10.9 Å². The molecule has 1 atom stereocenters. The first kappa shape index (κ1) is 12.0. The summed E-state index contributed by atoms with van der Waals surface area (Å²) in [6.45, 7) is 1.02. The van der Waals surface area contributed by atoms with Gasteiger partial charge in [-0.05, 0) is 0 Å². The Labute approximate surface area is 78.1 Å². The van der Waals surface area contributed by atoms with Crippen molar-refractivity contribution in [3.8, 4) is 0 Å². The first-order valence-corrected chi connectivity index (χ1v) is 5.06. The number of aliphatic hydroxyl groups excluding tert-OH is 1. The van der Waals surface area contributed by atoms with Gasteiger partial charge in [0.25, 0.3) is 5.91 Å². The lowest BCUT2D eigenvalue weighted by atomic mass is 10.7. The number of carbonyl (C=O) groups is 2. The summed E-state index contributed by atoms with van der Waals surface area (Å²) >= 11 is 0. The molecule has 3 N–H and O–H groups in total. The van der Waals surface area contributed by atoms with Crippen LogP contribution in [0.2, 0.25) is 0 Å². The molecule has 0 aliphatic rings. The number of hydrogen-bond donors (Lipinski definition) is 3. The van der Waals surface area contributed by atoms with Gasteiger partial charge in [-0.3, -0.25) is 24.6 Å². The smallest absolute Gasteiger partial charge is 0.250 e. The Balaban J connectivity index is 3.62. The second kappa shape index (κ2) is 6.55. The van der Waals surface area contributed by atoms with Crippen LogP contribution in [0.5, 0.6) is 0 Å². The highest BCUT2D eigenvalue weighted by Crippen LogP contribution is 1.80. The molecule has 0 bridgehead atoms. The average Bonchev–Trinajstić information content (AvgIpc) is 2.01. The van der Waals surface area contributed by atoms with Gasteiger partial charge in [0.15, 0.2) is 0 Å². The molecule has 0 saturated carbocycles. The predicted octanol–water partition coefficient (Wildman–Crippen LogP) is -2.11. The zero-order valence-electron chi connectivity index (χ0n) is 7.20. The van der Waals surface area contributed by atoms with E-state index in [1.54, 1.807) is 0 Å². The van der Waals surface area contributed by atoms with Crippen LogP contribution in [0.25, 0.3) is 0 Å². The van der Waals surface area contributed by atoms with Crippen molar-refractivity contribution in [1.29, 1.82) is 0 Å². The number of nitrogens with one attached hydrogen (secondary N) is 2. The van der Waals surface area contributed by atoms with Crippen LogP contribution in [-0.2, 0) is 20.4 Å². The van der Waals surface area contributed by atoms with E-state index in [9.17, 15) is 13.8 Å². The maximum absolute atomic E-state index is 10.9. The summed E-state index contributed by atoms with van der Waals surface area (Å²) in [5, 5.41) is 8.37. The van der Waals surface area contributed by atoms with Gasteiger partial charge in [0.1, 0.15) is 5.75 Å². The molecule has 1 unspecified atom stereocenters. The van der Waals surface area contributed by atoms with E-state index in [-0.39, 0.29) is 18.1 Å². The summed E-state index contributed by atoms with van der Waals surface area (Å²) < 4.78 is 10.9. The molecule has 2 amide bonds. The Bertz CT molecular complexity index is 219. The van der Waals surface area contributed by atoms with E-state index < -0.39 is 22.6 Å². The Hall–Kier alpha value is -0.950. The van der Waals surface area contributed by atoms with Crippen LogP contribution in [0.4, 0.5) is 0 Å². The molecule has 0 rings (SSSR count). The van der Waals surface area contributed by atoms with E-state index in [1.807, 2.05) is 0 Å². The van der Waals surface area contributed by atoms with Crippen LogP contribution in [0, 0.1) is 0 Å². The number of hydrogen-bond acceptors (Lipinski definition) is 4. The number of amides is 2. The minimum Gasteiger partial charge on any atom is -0.395 e. The number of rotatable bonds is 4. The highest BCUT2D eigenvalue weighted by Gasteiger charge is 2.06. The molecule has 76 valence electrons. The monoisotopic (exact) mass is 208 g/mol. The molecule has 13 heavy (non-hydrogen) atoms. The van der Waals surface area contributed by atoms with Gasteiger partial charge in [0.05, 0.1) is 6.61 Å². The van der Waals surface area contributed by atoms with E-state index in [4.69, 9.17) is 5.11 Å². The molecule has 0 aromatic heterocycles. The van der Waals surface area contributed by atoms with E-state index in [0.29, 0.717) is 0 Å². The fraction of sp³-hybridized carbons (Fsp3) is 0.667. The minimum atomic E-state index is -1.38. The van der Waals surface area contributed by atoms with Crippen molar-refractivity contribution in [3.63, 3.8) is 0 Å². The Morgan fingerprint density at radius 1 is 1.38 bits per heavy atom. The lowest BCUT2D eigenvalue weighted by Gasteiger charge is -2.03. The molecule has 0 spiro atoms. The maximum Gasteiger partial charge on any atom is 0.250 e. The fourth-order valence-electron chi connectivity index (χ4n) is 0.514. The molecular weight excluding hydrogens is 196 g/mol. The summed E-state index contributed by atoms with van der Waals surface area (Å²) in [4.78, 5) is 21.2. The Kier molecular flexibility index (Phi) is 6.07. The maximum atomic E-state index is 10.9. The number of aliphatic hydroxyl groups is 1. The van der Waals surface area contributed by atoms with Crippen molar-refractivity contribution in [2.45, 2.75) is 6.92 Å². The van der Waals surface area contributed by atoms with E-state index in [0.717, 1.165) is 0 Å². The molecule has 0 aromatic carbocycles. The summed E-state index contributed by atoms with van der Waals surface area (Å²) in [5.41, 5.74) is 4.12. The lowest BCUT2D eigenvalue weighted by molar-refractivity contribution is -0.126. The number of carbonyl (C=O) groups excluding carboxylic acids is 2. The standard InChI is InChI=1S/C6H12N2O4S/c1-5(10)7-8-6(11)4-13(12)3-2-9/h9H,2-4H2,1H3,(H,7,10)(H,8,11). The zero-order chi connectivity index (χ0) is 10.3. The molecule has 0 fully saturated rings. The molecule has 0 aliphatic heterocycles. The molecule has 0 radical (unpaired) electrons. The van der Waals surface area contributed by atoms with Crippen molar-refractivity contribution in [2.24, 2.45) is 0 Å². The quantitative estimate of drug-likeness (QED) is 0.461. The highest BCUT2D eigenvalue weighted by molar-refractivity contribution is 7.85. The third kappa shape index (κ3) is 7.41. The molecule has 6 nitrogen and oxygen atoms in total. The summed E-state index contributed by atoms with van der Waals surface area (Å²) in [7, 11) is -1.38. The fourth-order valence-corrected chi connectivity index (χ4v) is 1.23. The van der Waals surface area contributed by atoms with Crippen molar-refractivity contribution in [1.82, 2.24) is 10.9 Å². The van der Waals surface area contributed by atoms with Crippen LogP contribution in [0.15, 0.2) is 0 Å². The third-order valence-corrected chi connectivity index (χ3v) is 2.21. The first-order chi connectivity index (χ1) is 6.06. The minimum absolute atomic E-state index is 0.0630. The normalized spacial score (nSPS) is 11.8. The van der Waals surface area contributed by atoms with Crippen molar-refractivity contribution in [3.05, 3.63) is 0 Å². The van der Waals surface area contributed by atoms with Crippen LogP contribution >= 0.6 is 0 Å². The van der Waals surface area contributed by atoms with Gasteiger partial charge >= 0.3 is 0 Å². The molecule has 0 aliphatic carbocycles. The molecule has 0 heterocycles. The molecule has 0 aromatic rings. The van der Waals surface area contributed by atoms with Crippen molar-refractivity contribution < 1.29 is 18.9 Å². The van der Waals surface area contributed by atoms with Gasteiger partial charge in [-0.1, -0.05) is 0 Å². The third-order valence-electron chi connectivity index (χ3n) is 0.989. The number of hydrazine groups is 1. The van der Waals surface area contributed by atoms with E-state index in [2.05, 4.69) is 10.9 Å². The van der Waals surface area contributed by atoms with Crippen LogP contribution in [-0.4, -0.2) is 39.2 Å². The average molecular weight is 208 g/mol. The SMILES string of the molecule is CC(=O)NNC(=O)CS(=O)CCO. The topological polar surface area (TPSA) is 95.5 Å². The highest BCUT2D eigenvalue weighted by atomic mass is 32.2. The summed E-state index contributed by atoms with van der Waals surface area (Å²) in [5.74, 6) is -1.10. The second-order valence-corrected chi connectivity index (χ2v) is 3.82. The zero-order valence-corrected chi connectivity index (χ0v) is 8.02. The van der Waals surface area contributed by atoms with Gasteiger partial charge in [-0.25, -0.2) is 0 Å². The van der Waals surface area contributed by atoms with Gasteiger partial charge in [-0.2, -0.15) is 0 Å². The Morgan fingerprint density at radius 2 is 2.00 bits per heavy atom. The predicted molar refractivity (Wildman–Crippen MR) is 46.9 cm³/mol. The van der Waals surface area contributed by atoms with E-state index >= 15 is 0 Å². The second-order valence-electron chi connectivity index (χ2n) is 2.24. The Morgan fingerprint density at radius 3 is 2.46 bits per heavy atom. The van der Waals surface area contributed by atoms with Crippen molar-refractivity contribution in [2.75, 3.05) is 18.1 Å². The van der Waals surface area contributed by atoms with Gasteiger partial charge in [-0.15, -0.1) is 0 Å². The largest absolute Gasteiger partial charge is 0.395 e. The van der Waals surface area contributed by atoms with Gasteiger partial charge < -0.3 is 5.11 Å². The van der Waals surface area contributed by atoms with Crippen molar-refractivity contribution >= 4 is 22.6 Å². The molecular formula is C6H12N2O4S. The lowest BCUT2D eigenvalue weighted by Crippen LogP contribution is -2.42. The van der Waals surface area contributed by atoms with E-state index in [1.165, 1.54) is 6.92 Å². The van der Waals surface area contributed by atoms with Crippen LogP contribution in [0.3, 0.4) is 0 Å². The molecule has 0 saturated heterocycles. The first-order valence-electron chi connectivity index (χ1n) is 3.57. The van der Waals surface area contributed by atoms with Gasteiger partial charge in [0.2, 0.25) is 5.91 Å².